The third kappa shape index (κ3) is 3.69. The Labute approximate surface area is 154 Å². The molecule has 0 atom stereocenters. The second-order valence-corrected chi connectivity index (χ2v) is 6.36. The summed E-state index contributed by atoms with van der Waals surface area (Å²) in [5.41, 5.74) is 5.02. The van der Waals surface area contributed by atoms with E-state index in [4.69, 9.17) is 4.74 Å². The van der Waals surface area contributed by atoms with Gasteiger partial charge in [-0.3, -0.25) is 4.79 Å². The highest BCUT2D eigenvalue weighted by Gasteiger charge is 2.17. The van der Waals surface area contributed by atoms with E-state index in [1.165, 1.54) is 4.68 Å². The van der Waals surface area contributed by atoms with Gasteiger partial charge in [0.1, 0.15) is 5.75 Å². The third-order valence-corrected chi connectivity index (χ3v) is 4.50. The Morgan fingerprint density at radius 2 is 1.73 bits per heavy atom. The lowest BCUT2D eigenvalue weighted by Crippen LogP contribution is -2.22. The van der Waals surface area contributed by atoms with Crippen LogP contribution in [0.2, 0.25) is 0 Å². The zero-order chi connectivity index (χ0) is 18.5. The Bertz CT molecular complexity index is 898. The molecule has 134 valence electrons. The van der Waals surface area contributed by atoms with Crippen LogP contribution in [0.1, 0.15) is 35.1 Å². The van der Waals surface area contributed by atoms with E-state index in [0.717, 1.165) is 40.9 Å². The monoisotopic (exact) mass is 348 g/mol. The number of benzene rings is 2. The summed E-state index contributed by atoms with van der Waals surface area (Å²) in [7, 11) is 0. The average Bonchev–Trinajstić information content (AvgIpc) is 2.96. The van der Waals surface area contributed by atoms with Gasteiger partial charge in [0, 0.05) is 11.3 Å². The molecule has 0 spiro atoms. The standard InChI is InChI=1S/C22H24N2O2/c1-4-10-19-16(2)23-24(17(19)3)22(25)15-26-21-14-9-8-13-20(21)18-11-6-5-7-12-18/h5-9,11-14H,4,10,15H2,1-3H3. The van der Waals surface area contributed by atoms with Crippen molar-refractivity contribution in [2.75, 3.05) is 6.61 Å². The number of carbonyl (C=O) groups excluding carboxylic acids is 1. The number of ether oxygens (including phenoxy) is 1. The van der Waals surface area contributed by atoms with Crippen molar-refractivity contribution in [3.8, 4) is 16.9 Å². The molecule has 0 fully saturated rings. The summed E-state index contributed by atoms with van der Waals surface area (Å²) in [4.78, 5) is 12.6. The van der Waals surface area contributed by atoms with E-state index in [9.17, 15) is 4.79 Å². The van der Waals surface area contributed by atoms with E-state index in [-0.39, 0.29) is 12.5 Å². The molecule has 0 N–H and O–H groups in total. The molecule has 0 saturated heterocycles. The molecule has 4 heteroatoms. The second kappa shape index (κ2) is 8.00. The topological polar surface area (TPSA) is 44.1 Å². The van der Waals surface area contributed by atoms with Gasteiger partial charge in [0.25, 0.3) is 5.91 Å². The molecule has 0 saturated carbocycles. The zero-order valence-electron chi connectivity index (χ0n) is 15.5. The van der Waals surface area contributed by atoms with Crippen LogP contribution in [-0.4, -0.2) is 22.3 Å². The van der Waals surface area contributed by atoms with Crippen molar-refractivity contribution in [3.05, 3.63) is 71.5 Å². The Kier molecular flexibility index (Phi) is 5.52. The van der Waals surface area contributed by atoms with Gasteiger partial charge < -0.3 is 4.74 Å². The number of nitrogens with zero attached hydrogens (tertiary/aromatic N) is 2. The lowest BCUT2D eigenvalue weighted by molar-refractivity contribution is 0.0818. The fraction of sp³-hybridized carbons (Fsp3) is 0.273. The van der Waals surface area contributed by atoms with Gasteiger partial charge in [0.2, 0.25) is 0 Å². The Hall–Kier alpha value is -2.88. The number of aromatic nitrogens is 2. The van der Waals surface area contributed by atoms with Crippen LogP contribution in [0.25, 0.3) is 11.1 Å². The molecule has 26 heavy (non-hydrogen) atoms. The van der Waals surface area contributed by atoms with Gasteiger partial charge in [-0.05, 0) is 37.5 Å². The van der Waals surface area contributed by atoms with Crippen molar-refractivity contribution in [3.63, 3.8) is 0 Å². The average molecular weight is 348 g/mol. The van der Waals surface area contributed by atoms with Crippen LogP contribution in [-0.2, 0) is 6.42 Å². The van der Waals surface area contributed by atoms with Crippen LogP contribution < -0.4 is 4.74 Å². The molecule has 1 heterocycles. The summed E-state index contributed by atoms with van der Waals surface area (Å²) in [5, 5.41) is 4.41. The maximum absolute atomic E-state index is 12.6. The highest BCUT2D eigenvalue weighted by atomic mass is 16.5. The molecule has 3 aromatic rings. The minimum atomic E-state index is -0.157. The normalized spacial score (nSPS) is 10.7. The minimum Gasteiger partial charge on any atom is -0.483 e. The number of hydrogen-bond acceptors (Lipinski definition) is 3. The van der Waals surface area contributed by atoms with Crippen LogP contribution in [0.4, 0.5) is 0 Å². The summed E-state index contributed by atoms with van der Waals surface area (Å²) in [6, 6.07) is 17.8. The van der Waals surface area contributed by atoms with Gasteiger partial charge in [-0.2, -0.15) is 5.10 Å². The largest absolute Gasteiger partial charge is 0.483 e. The fourth-order valence-electron chi connectivity index (χ4n) is 3.18. The number of carbonyl (C=O) groups is 1. The highest BCUT2D eigenvalue weighted by Crippen LogP contribution is 2.29. The van der Waals surface area contributed by atoms with Crippen molar-refractivity contribution >= 4 is 5.91 Å². The molecule has 3 rings (SSSR count). The van der Waals surface area contributed by atoms with Gasteiger partial charge in [0.05, 0.1) is 5.69 Å². The molecule has 0 unspecified atom stereocenters. The molecule has 0 aliphatic carbocycles. The Morgan fingerprint density at radius 1 is 1.04 bits per heavy atom. The third-order valence-electron chi connectivity index (χ3n) is 4.50. The van der Waals surface area contributed by atoms with Gasteiger partial charge in [-0.15, -0.1) is 0 Å². The van der Waals surface area contributed by atoms with Crippen molar-refractivity contribution < 1.29 is 9.53 Å². The summed E-state index contributed by atoms with van der Waals surface area (Å²) in [6.07, 6.45) is 1.96. The zero-order valence-corrected chi connectivity index (χ0v) is 15.5. The molecule has 2 aromatic carbocycles. The summed E-state index contributed by atoms with van der Waals surface area (Å²) >= 11 is 0. The lowest BCUT2D eigenvalue weighted by Gasteiger charge is -2.11. The van der Waals surface area contributed by atoms with Crippen molar-refractivity contribution in [1.29, 1.82) is 0 Å². The Morgan fingerprint density at radius 3 is 2.46 bits per heavy atom. The first-order valence-corrected chi connectivity index (χ1v) is 8.97. The predicted molar refractivity (Wildman–Crippen MR) is 104 cm³/mol. The molecular formula is C22H24N2O2. The Balaban J connectivity index is 1.78. The highest BCUT2D eigenvalue weighted by molar-refractivity contribution is 5.81. The molecule has 0 aliphatic rings. The van der Waals surface area contributed by atoms with Crippen LogP contribution in [0.3, 0.4) is 0 Å². The summed E-state index contributed by atoms with van der Waals surface area (Å²) < 4.78 is 7.34. The van der Waals surface area contributed by atoms with Crippen LogP contribution >= 0.6 is 0 Å². The first kappa shape index (κ1) is 17.9. The number of para-hydroxylation sites is 1. The van der Waals surface area contributed by atoms with Crippen LogP contribution in [0.5, 0.6) is 5.75 Å². The molecular weight excluding hydrogens is 324 g/mol. The fourth-order valence-corrected chi connectivity index (χ4v) is 3.18. The van der Waals surface area contributed by atoms with Gasteiger partial charge in [-0.25, -0.2) is 4.68 Å². The number of aryl methyl sites for hydroxylation is 1. The molecule has 0 radical (unpaired) electrons. The number of rotatable bonds is 6. The van der Waals surface area contributed by atoms with Crippen molar-refractivity contribution in [2.45, 2.75) is 33.6 Å². The second-order valence-electron chi connectivity index (χ2n) is 6.36. The smallest absolute Gasteiger partial charge is 0.284 e. The molecule has 4 nitrogen and oxygen atoms in total. The SMILES string of the molecule is CCCc1c(C)nn(C(=O)COc2ccccc2-c2ccccc2)c1C. The minimum absolute atomic E-state index is 0.0443. The van der Waals surface area contributed by atoms with Crippen LogP contribution in [0.15, 0.2) is 54.6 Å². The maximum atomic E-state index is 12.6. The molecule has 1 aromatic heterocycles. The summed E-state index contributed by atoms with van der Waals surface area (Å²) in [5.74, 6) is 0.540. The van der Waals surface area contributed by atoms with Gasteiger partial charge in [0.15, 0.2) is 6.61 Å². The molecule has 0 aliphatic heterocycles. The molecule has 0 amide bonds. The quantitative estimate of drug-likeness (QED) is 0.640. The van der Waals surface area contributed by atoms with E-state index < -0.39 is 0 Å². The van der Waals surface area contributed by atoms with E-state index >= 15 is 0 Å². The summed E-state index contributed by atoms with van der Waals surface area (Å²) in [6.45, 7) is 5.98. The first-order valence-electron chi connectivity index (χ1n) is 8.97. The van der Waals surface area contributed by atoms with E-state index in [1.54, 1.807) is 0 Å². The van der Waals surface area contributed by atoms with Crippen molar-refractivity contribution in [2.24, 2.45) is 0 Å². The van der Waals surface area contributed by atoms with Gasteiger partial charge in [-0.1, -0.05) is 61.9 Å². The predicted octanol–water partition coefficient (Wildman–Crippen LogP) is 4.84. The van der Waals surface area contributed by atoms with Crippen molar-refractivity contribution in [1.82, 2.24) is 9.78 Å². The van der Waals surface area contributed by atoms with E-state index in [0.29, 0.717) is 5.75 Å². The van der Waals surface area contributed by atoms with E-state index in [1.807, 2.05) is 68.4 Å². The molecule has 0 bridgehead atoms. The van der Waals surface area contributed by atoms with E-state index in [2.05, 4.69) is 12.0 Å². The maximum Gasteiger partial charge on any atom is 0.284 e. The lowest BCUT2D eigenvalue weighted by atomic mass is 10.1. The van der Waals surface area contributed by atoms with Gasteiger partial charge >= 0.3 is 0 Å². The number of hydrogen-bond donors (Lipinski definition) is 0. The first-order chi connectivity index (χ1) is 12.6. The van der Waals surface area contributed by atoms with Crippen LogP contribution in [0, 0.1) is 13.8 Å².